The van der Waals surface area contributed by atoms with Crippen LogP contribution < -0.4 is 10.6 Å². The molecule has 2 amide bonds. The number of carbonyl (C=O) groups excluding carboxylic acids is 2. The van der Waals surface area contributed by atoms with Gasteiger partial charge in [-0.25, -0.2) is 4.39 Å². The molecular weight excluding hydrogens is 471 g/mol. The molecule has 0 atom stereocenters. The van der Waals surface area contributed by atoms with E-state index in [-0.39, 0.29) is 23.3 Å². The number of nitrogens with one attached hydrogen (secondary N) is 3. The minimum Gasteiger partial charge on any atom is -0.324 e. The third-order valence-corrected chi connectivity index (χ3v) is 6.21. The van der Waals surface area contributed by atoms with Crippen molar-refractivity contribution >= 4 is 34.1 Å². The Morgan fingerprint density at radius 1 is 0.865 bits per heavy atom. The van der Waals surface area contributed by atoms with E-state index in [1.165, 1.54) is 18.3 Å². The SMILES string of the molecule is O=C(Nc1ccc(-c2cccc(F)c2)nc1)c1n[nH]c2ccc(-c3cncc(NC(=O)C4CC4)c3)cc12. The fraction of sp³-hybridized carbons (Fsp3) is 0.107. The predicted octanol–water partition coefficient (Wildman–Crippen LogP) is 5.43. The molecule has 8 nitrogen and oxygen atoms in total. The molecule has 5 aromatic rings. The van der Waals surface area contributed by atoms with E-state index in [4.69, 9.17) is 0 Å². The van der Waals surface area contributed by atoms with E-state index >= 15 is 0 Å². The number of halogens is 1. The summed E-state index contributed by atoms with van der Waals surface area (Å²) in [5, 5.41) is 13.5. The maximum Gasteiger partial charge on any atom is 0.276 e. The summed E-state index contributed by atoms with van der Waals surface area (Å²) in [6.07, 6.45) is 6.69. The first-order valence-electron chi connectivity index (χ1n) is 11.8. The Kier molecular flexibility index (Phi) is 5.65. The summed E-state index contributed by atoms with van der Waals surface area (Å²) in [6.45, 7) is 0. The van der Waals surface area contributed by atoms with Gasteiger partial charge in [-0.15, -0.1) is 0 Å². The highest BCUT2D eigenvalue weighted by molar-refractivity contribution is 6.11. The molecule has 0 unspecified atom stereocenters. The van der Waals surface area contributed by atoms with Gasteiger partial charge in [0.15, 0.2) is 5.69 Å². The van der Waals surface area contributed by atoms with Gasteiger partial charge in [-0.1, -0.05) is 18.2 Å². The van der Waals surface area contributed by atoms with E-state index in [2.05, 4.69) is 30.8 Å². The summed E-state index contributed by atoms with van der Waals surface area (Å²) in [4.78, 5) is 33.8. The van der Waals surface area contributed by atoms with Crippen molar-refractivity contribution < 1.29 is 14.0 Å². The van der Waals surface area contributed by atoms with Crippen molar-refractivity contribution in [2.24, 2.45) is 5.92 Å². The third-order valence-electron chi connectivity index (χ3n) is 6.21. The number of amides is 2. The van der Waals surface area contributed by atoms with Gasteiger partial charge in [-0.3, -0.25) is 24.7 Å². The molecule has 1 saturated carbocycles. The quantitative estimate of drug-likeness (QED) is 0.293. The van der Waals surface area contributed by atoms with Gasteiger partial charge in [0, 0.05) is 28.6 Å². The number of carbonyl (C=O) groups is 2. The normalized spacial score (nSPS) is 12.9. The summed E-state index contributed by atoms with van der Waals surface area (Å²) < 4.78 is 13.5. The fourth-order valence-electron chi connectivity index (χ4n) is 4.10. The molecule has 182 valence electrons. The number of nitrogens with zero attached hydrogens (tertiary/aromatic N) is 3. The van der Waals surface area contributed by atoms with Crippen LogP contribution in [0.2, 0.25) is 0 Å². The van der Waals surface area contributed by atoms with Crippen molar-refractivity contribution in [2.75, 3.05) is 10.6 Å². The van der Waals surface area contributed by atoms with Gasteiger partial charge in [0.1, 0.15) is 5.82 Å². The zero-order valence-electron chi connectivity index (χ0n) is 19.5. The van der Waals surface area contributed by atoms with Crippen LogP contribution in [0.5, 0.6) is 0 Å². The number of hydrogen-bond donors (Lipinski definition) is 3. The molecule has 1 aliphatic carbocycles. The number of rotatable bonds is 6. The first-order valence-corrected chi connectivity index (χ1v) is 11.8. The van der Waals surface area contributed by atoms with Crippen LogP contribution in [-0.2, 0) is 4.79 Å². The highest BCUT2D eigenvalue weighted by Gasteiger charge is 2.29. The van der Waals surface area contributed by atoms with E-state index in [0.29, 0.717) is 33.5 Å². The summed E-state index contributed by atoms with van der Waals surface area (Å²) in [7, 11) is 0. The van der Waals surface area contributed by atoms with Crippen molar-refractivity contribution in [2.45, 2.75) is 12.8 Å². The second-order valence-electron chi connectivity index (χ2n) is 8.95. The fourth-order valence-corrected chi connectivity index (χ4v) is 4.10. The molecule has 0 saturated heterocycles. The Bertz CT molecular complexity index is 1640. The number of fused-ring (bicyclic) bond motifs is 1. The van der Waals surface area contributed by atoms with E-state index in [1.807, 2.05) is 24.3 Å². The molecule has 9 heteroatoms. The Hall–Kier alpha value is -4.92. The zero-order chi connectivity index (χ0) is 25.4. The highest BCUT2D eigenvalue weighted by atomic mass is 19.1. The molecule has 1 fully saturated rings. The molecule has 0 radical (unpaired) electrons. The number of anilines is 2. The summed E-state index contributed by atoms with van der Waals surface area (Å²) in [5.74, 6) is -0.624. The van der Waals surface area contributed by atoms with Gasteiger partial charge in [0.2, 0.25) is 5.91 Å². The van der Waals surface area contributed by atoms with E-state index < -0.39 is 5.91 Å². The summed E-state index contributed by atoms with van der Waals surface area (Å²) in [5.41, 5.74) is 4.94. The first kappa shape index (κ1) is 22.5. The van der Waals surface area contributed by atoms with Crippen LogP contribution in [0.25, 0.3) is 33.3 Å². The van der Waals surface area contributed by atoms with Gasteiger partial charge in [-0.2, -0.15) is 5.10 Å². The van der Waals surface area contributed by atoms with Crippen LogP contribution in [0.15, 0.2) is 79.3 Å². The molecule has 6 rings (SSSR count). The highest BCUT2D eigenvalue weighted by Crippen LogP contribution is 2.31. The molecule has 1 aliphatic rings. The second kappa shape index (κ2) is 9.27. The molecular formula is C28H21FN6O2. The number of hydrogen-bond acceptors (Lipinski definition) is 5. The van der Waals surface area contributed by atoms with Crippen molar-refractivity contribution in [3.05, 3.63) is 90.8 Å². The van der Waals surface area contributed by atoms with Crippen LogP contribution in [0.1, 0.15) is 23.3 Å². The first-order chi connectivity index (χ1) is 18.0. The van der Waals surface area contributed by atoms with Gasteiger partial charge in [-0.05, 0) is 60.9 Å². The number of aromatic nitrogens is 4. The number of benzene rings is 2. The average Bonchev–Trinajstić information content (AvgIpc) is 3.68. The van der Waals surface area contributed by atoms with Crippen molar-refractivity contribution in [1.82, 2.24) is 20.2 Å². The Labute approximate surface area is 211 Å². The van der Waals surface area contributed by atoms with E-state index in [0.717, 1.165) is 24.0 Å². The molecule has 0 spiro atoms. The van der Waals surface area contributed by atoms with Crippen molar-refractivity contribution in [1.29, 1.82) is 0 Å². The van der Waals surface area contributed by atoms with Crippen LogP contribution in [0.4, 0.5) is 15.8 Å². The number of H-pyrrole nitrogens is 1. The van der Waals surface area contributed by atoms with Gasteiger partial charge in [0.05, 0.1) is 35.0 Å². The molecule has 0 bridgehead atoms. The van der Waals surface area contributed by atoms with Crippen molar-refractivity contribution in [3.8, 4) is 22.4 Å². The van der Waals surface area contributed by atoms with Crippen LogP contribution >= 0.6 is 0 Å². The monoisotopic (exact) mass is 492 g/mol. The van der Waals surface area contributed by atoms with Crippen LogP contribution in [-0.4, -0.2) is 32.0 Å². The maximum absolute atomic E-state index is 13.5. The van der Waals surface area contributed by atoms with E-state index in [1.54, 1.807) is 36.7 Å². The Morgan fingerprint density at radius 2 is 1.76 bits per heavy atom. The molecule has 0 aliphatic heterocycles. The van der Waals surface area contributed by atoms with Gasteiger partial charge < -0.3 is 10.6 Å². The third kappa shape index (κ3) is 4.79. The average molecular weight is 493 g/mol. The summed E-state index contributed by atoms with van der Waals surface area (Å²) >= 11 is 0. The number of pyridine rings is 2. The lowest BCUT2D eigenvalue weighted by atomic mass is 10.0. The largest absolute Gasteiger partial charge is 0.324 e. The Morgan fingerprint density at radius 3 is 2.54 bits per heavy atom. The molecule has 37 heavy (non-hydrogen) atoms. The second-order valence-corrected chi connectivity index (χ2v) is 8.95. The van der Waals surface area contributed by atoms with Crippen LogP contribution in [0, 0.1) is 11.7 Å². The maximum atomic E-state index is 13.5. The molecule has 3 heterocycles. The molecule has 2 aromatic carbocycles. The standard InChI is InChI=1S/C28H21FN6O2/c29-20-3-1-2-18(10-20)24-9-7-21(15-31-24)32-28(37)26-23-12-17(6-8-25(23)34-35-26)19-11-22(14-30-13-19)33-27(36)16-4-5-16/h1-3,6-16H,4-5H2,(H,32,37)(H,33,36)(H,34,35). The minimum atomic E-state index is -0.396. The van der Waals surface area contributed by atoms with Crippen LogP contribution in [0.3, 0.4) is 0 Å². The molecule has 3 aromatic heterocycles. The van der Waals surface area contributed by atoms with Crippen molar-refractivity contribution in [3.63, 3.8) is 0 Å². The lowest BCUT2D eigenvalue weighted by Crippen LogP contribution is -2.13. The predicted molar refractivity (Wildman–Crippen MR) is 138 cm³/mol. The topological polar surface area (TPSA) is 113 Å². The lowest BCUT2D eigenvalue weighted by molar-refractivity contribution is -0.117. The number of aromatic amines is 1. The van der Waals surface area contributed by atoms with E-state index in [9.17, 15) is 14.0 Å². The Balaban J connectivity index is 1.22. The zero-order valence-corrected chi connectivity index (χ0v) is 19.5. The molecule has 3 N–H and O–H groups in total. The summed E-state index contributed by atoms with van der Waals surface area (Å²) in [6, 6.07) is 17.1. The van der Waals surface area contributed by atoms with Gasteiger partial charge >= 0.3 is 0 Å². The smallest absolute Gasteiger partial charge is 0.276 e. The minimum absolute atomic E-state index is 0.0154. The van der Waals surface area contributed by atoms with Gasteiger partial charge in [0.25, 0.3) is 5.91 Å². The lowest BCUT2D eigenvalue weighted by Gasteiger charge is -2.08.